The fourth-order valence-corrected chi connectivity index (χ4v) is 13.8. The van der Waals surface area contributed by atoms with Crippen LogP contribution in [0.15, 0.2) is 34.9 Å². The summed E-state index contributed by atoms with van der Waals surface area (Å²) in [6.45, 7) is -3.32. The summed E-state index contributed by atoms with van der Waals surface area (Å²) >= 11 is 0. The second-order valence-corrected chi connectivity index (χ2v) is 23.6. The lowest BCUT2D eigenvalue weighted by Gasteiger charge is -2.26. The molecule has 6 aromatic rings. The molecule has 43 heteroatoms. The van der Waals surface area contributed by atoms with Crippen LogP contribution in [0.3, 0.4) is 0 Å². The number of methoxy groups -OCH3 is 2. The molecule has 0 saturated carbocycles. The Labute approximate surface area is 428 Å². The minimum absolute atomic E-state index is 0.00756. The van der Waals surface area contributed by atoms with Crippen LogP contribution >= 0.6 is 31.1 Å². The summed E-state index contributed by atoms with van der Waals surface area (Å²) in [5.41, 5.74) is 15.8. The first-order valence-corrected chi connectivity index (χ1v) is 28.2. The molecule has 0 bridgehead atoms. The summed E-state index contributed by atoms with van der Waals surface area (Å²) < 4.78 is 112. The first-order chi connectivity index (χ1) is 36.2. The number of phosphoric acid groups is 2. The lowest BCUT2D eigenvalue weighted by atomic mass is 9.99. The minimum atomic E-state index is -5.93. The monoisotopic (exact) mass is 1170 g/mol. The maximum absolute atomic E-state index is 13.7. The SMILES string of the molecule is COC[C@H]1[C@@H](O)[C@H](n2c[n+](C)c3c(=O)[nH]c(N)nc32)O[C@@H]1COP(=O)(O)NP(=O)(O)OP(=O)(O)OC[C@H]1O[C@@H](n2cnc3c(N)ncnc32)[C@H](OC)[C@@H]1OP(=O)(O)OC[C@H]1O[C@@H](n2cnc3c(=O)[nH]c(N)nc32)[C@H](O)[C@@H]1O. The number of aromatic amines is 2. The van der Waals surface area contributed by atoms with Crippen molar-refractivity contribution in [2.24, 2.45) is 13.0 Å². The van der Waals surface area contributed by atoms with Crippen molar-refractivity contribution >= 4 is 82.3 Å². The van der Waals surface area contributed by atoms with Crippen LogP contribution in [-0.2, 0) is 71.4 Å². The summed E-state index contributed by atoms with van der Waals surface area (Å²) in [7, 11) is -18.9. The number of hydrogen-bond acceptors (Lipinski definition) is 28. The van der Waals surface area contributed by atoms with E-state index in [1.54, 1.807) is 0 Å². The Morgan fingerprint density at radius 3 is 1.97 bits per heavy atom. The number of aliphatic hydroxyl groups is 3. The molecule has 4 unspecified atom stereocenters. The third-order valence-electron chi connectivity index (χ3n) is 12.2. The number of nitrogens with zero attached hydrogens (tertiary/aromatic N) is 10. The van der Waals surface area contributed by atoms with Gasteiger partial charge in [0.2, 0.25) is 24.5 Å². The topological polar surface area (TPSA) is 554 Å². The molecule has 3 aliphatic heterocycles. The van der Waals surface area contributed by atoms with Gasteiger partial charge in [-0.05, 0) is 0 Å². The van der Waals surface area contributed by atoms with E-state index < -0.39 is 136 Å². The molecule has 422 valence electrons. The van der Waals surface area contributed by atoms with Gasteiger partial charge in [0, 0.05) is 20.1 Å². The van der Waals surface area contributed by atoms with Crippen LogP contribution in [0.25, 0.3) is 33.5 Å². The van der Waals surface area contributed by atoms with Gasteiger partial charge in [0.15, 0.2) is 35.1 Å². The third-order valence-corrected chi connectivity index (χ3v) is 17.9. The van der Waals surface area contributed by atoms with Crippen molar-refractivity contribution in [3.05, 3.63) is 46.0 Å². The number of H-pyrrole nitrogens is 2. The quantitative estimate of drug-likeness (QED) is 0.0240. The number of nitrogen functional groups attached to an aromatic ring is 3. The number of aliphatic hydroxyl groups excluding tert-OH is 3. The Balaban J connectivity index is 0.869. The van der Waals surface area contributed by atoms with Gasteiger partial charge < -0.3 is 75.8 Å². The van der Waals surface area contributed by atoms with Gasteiger partial charge >= 0.3 is 36.7 Å². The van der Waals surface area contributed by atoms with Crippen molar-refractivity contribution in [1.82, 2.24) is 58.4 Å². The largest absolute Gasteiger partial charge is 0.480 e. The molecular weight excluding hydrogens is 1120 g/mol. The number of imidazole rings is 3. The van der Waals surface area contributed by atoms with E-state index in [4.69, 9.17) is 59.0 Å². The van der Waals surface area contributed by atoms with Gasteiger partial charge in [-0.1, -0.05) is 0 Å². The molecule has 0 amide bonds. The summed E-state index contributed by atoms with van der Waals surface area (Å²) in [4.78, 5) is 97.9. The summed E-state index contributed by atoms with van der Waals surface area (Å²) in [5.74, 6) is -1.65. The van der Waals surface area contributed by atoms with Crippen molar-refractivity contribution < 1.29 is 104 Å². The zero-order chi connectivity index (χ0) is 55.7. The highest BCUT2D eigenvalue weighted by Gasteiger charge is 2.54. The van der Waals surface area contributed by atoms with Gasteiger partial charge in [0.05, 0.1) is 52.2 Å². The molecule has 9 heterocycles. The molecule has 16 atom stereocenters. The Hall–Kier alpha value is -5.15. The molecule has 77 heavy (non-hydrogen) atoms. The number of nitrogens with one attached hydrogen (secondary N) is 3. The van der Waals surface area contributed by atoms with Crippen molar-refractivity contribution in [3.8, 4) is 0 Å². The van der Waals surface area contributed by atoms with Crippen LogP contribution in [-0.4, -0.2) is 178 Å². The number of rotatable bonds is 21. The molecule has 3 fully saturated rings. The van der Waals surface area contributed by atoms with Gasteiger partial charge in [0.25, 0.3) is 16.7 Å². The van der Waals surface area contributed by atoms with Gasteiger partial charge in [0.1, 0.15) is 54.6 Å². The molecule has 39 nitrogen and oxygen atoms in total. The average Bonchev–Trinajstić information content (AvgIpc) is 4.21. The molecule has 3 saturated heterocycles. The number of aromatic nitrogens is 12. The van der Waals surface area contributed by atoms with Crippen LogP contribution in [0, 0.1) is 5.92 Å². The predicted octanol–water partition coefficient (Wildman–Crippen LogP) is -4.24. The molecule has 9 rings (SSSR count). The molecule has 0 aliphatic carbocycles. The summed E-state index contributed by atoms with van der Waals surface area (Å²) in [6, 6.07) is 0. The standard InChI is InChI=1S/C34H48N16O23P4/c1-47-11-50(27-18(47)29(55)45-34(37)43-27)30-19(51)12(4-64-2)13(69-30)5-66-74(56,57)46-75(58,59)73-77(62,63)68-7-15-22(23(65-3)32(71-15)48-9-40-16-24(35)38-8-39-25(16)48)72-76(60,61)67-6-14-20(52)21(53)31(70-14)49-10-41-17-26(49)42-33(36)44-28(17)54/h8-15,19-23,30-32,51-53H,4-7H2,1-3H3,(H12-,35,36,37,38,39,42,43,44,45,46,54,55,56,57,58,59,60,61,62,63)/p+1/t12-,13-,14-,15-,19-,20-,21-,22-,23-,30-,31-,32-/m1/s1. The van der Waals surface area contributed by atoms with E-state index in [-0.39, 0.29) is 57.8 Å². The number of anilines is 3. The number of nitrogens with two attached hydrogens (primary N) is 3. The number of phosphoric ester groups is 2. The number of fused-ring (bicyclic) bond motifs is 3. The van der Waals surface area contributed by atoms with Gasteiger partial charge in [-0.25, -0.2) is 42.8 Å². The first-order valence-electron chi connectivity index (χ1n) is 22.1. The highest BCUT2D eigenvalue weighted by Crippen LogP contribution is 2.63. The average molecular weight is 1170 g/mol. The first kappa shape index (κ1) is 56.6. The Kier molecular flexibility index (Phi) is 15.8. The lowest BCUT2D eigenvalue weighted by molar-refractivity contribution is -0.646. The van der Waals surface area contributed by atoms with E-state index in [9.17, 15) is 62.7 Å². The van der Waals surface area contributed by atoms with Crippen molar-refractivity contribution in [3.63, 3.8) is 0 Å². The number of hydrogen-bond donors (Lipinski definition) is 13. The summed E-state index contributed by atoms with van der Waals surface area (Å²) in [6.07, 6.45) is -12.7. The fourth-order valence-electron chi connectivity index (χ4n) is 8.83. The molecule has 6 aromatic heterocycles. The van der Waals surface area contributed by atoms with Crippen LogP contribution < -0.4 is 37.7 Å². The zero-order valence-electron chi connectivity index (χ0n) is 39.7. The molecule has 0 radical (unpaired) electrons. The summed E-state index contributed by atoms with van der Waals surface area (Å²) in [5, 5.41) is 33.0. The van der Waals surface area contributed by atoms with Crippen molar-refractivity contribution in [1.29, 1.82) is 0 Å². The highest BCUT2D eigenvalue weighted by molar-refractivity contribution is 7.71. The van der Waals surface area contributed by atoms with E-state index in [0.29, 0.717) is 0 Å². The zero-order valence-corrected chi connectivity index (χ0v) is 43.3. The fraction of sp³-hybridized carbons (Fsp3) is 0.559. The van der Waals surface area contributed by atoms with E-state index in [1.165, 1.54) is 39.0 Å². The number of aryl methyl sites for hydroxylation is 1. The third kappa shape index (κ3) is 11.5. The van der Waals surface area contributed by atoms with E-state index in [2.05, 4.69) is 44.2 Å². The van der Waals surface area contributed by atoms with Gasteiger partial charge in [-0.3, -0.25) is 46.8 Å². The lowest BCUT2D eigenvalue weighted by Crippen LogP contribution is -2.38. The van der Waals surface area contributed by atoms with Crippen LogP contribution in [0.4, 0.5) is 17.7 Å². The molecular formula is C34H49N16O23P4+. The smallest absolute Gasteiger partial charge is 0.387 e. The van der Waals surface area contributed by atoms with E-state index in [0.717, 1.165) is 30.7 Å². The van der Waals surface area contributed by atoms with E-state index >= 15 is 0 Å². The maximum Gasteiger partial charge on any atom is 0.480 e. The molecule has 16 N–H and O–H groups in total. The van der Waals surface area contributed by atoms with Crippen molar-refractivity contribution in [2.45, 2.75) is 67.5 Å². The second kappa shape index (κ2) is 21.5. The molecule has 0 aromatic carbocycles. The van der Waals surface area contributed by atoms with Crippen LogP contribution in [0.2, 0.25) is 0 Å². The predicted molar refractivity (Wildman–Crippen MR) is 250 cm³/mol. The normalized spacial score (nSPS) is 30.0. The van der Waals surface area contributed by atoms with E-state index in [1.807, 2.05) is 0 Å². The number of ether oxygens (including phenoxy) is 5. The van der Waals surface area contributed by atoms with Crippen LogP contribution in [0.1, 0.15) is 18.7 Å². The Bertz CT molecular complexity index is 3510. The minimum Gasteiger partial charge on any atom is -0.387 e. The van der Waals surface area contributed by atoms with Gasteiger partial charge in [-0.15, -0.1) is 4.86 Å². The molecule has 0 spiro atoms. The Morgan fingerprint density at radius 1 is 0.675 bits per heavy atom. The van der Waals surface area contributed by atoms with Gasteiger partial charge in [-0.2, -0.15) is 18.8 Å². The van der Waals surface area contributed by atoms with Crippen molar-refractivity contribution in [2.75, 3.05) is 57.8 Å². The second-order valence-electron chi connectivity index (χ2n) is 17.2. The highest BCUT2D eigenvalue weighted by atomic mass is 31.3. The molecule has 3 aliphatic rings. The Morgan fingerprint density at radius 2 is 1.27 bits per heavy atom. The maximum atomic E-state index is 13.7. The van der Waals surface area contributed by atoms with Crippen LogP contribution in [0.5, 0.6) is 0 Å².